The summed E-state index contributed by atoms with van der Waals surface area (Å²) in [6, 6.07) is 0. The van der Waals surface area contributed by atoms with Crippen LogP contribution in [0.2, 0.25) is 19.6 Å². The Kier molecular flexibility index (Phi) is 2.90. The van der Waals surface area contributed by atoms with Crippen LogP contribution in [0, 0.1) is 0 Å². The van der Waals surface area contributed by atoms with Crippen molar-refractivity contribution in [3.8, 4) is 0 Å². The number of rotatable bonds is 2. The SMILES string of the molecule is CCC(=NO)[Si](C)(C)C. The Labute approximate surface area is 57.6 Å². The fourth-order valence-electron chi connectivity index (χ4n) is 0.751. The summed E-state index contributed by atoms with van der Waals surface area (Å²) in [5.74, 6) is 0. The highest BCUT2D eigenvalue weighted by atomic mass is 28.3. The van der Waals surface area contributed by atoms with Crippen LogP contribution in [0.1, 0.15) is 13.3 Å². The molecule has 0 fully saturated rings. The summed E-state index contributed by atoms with van der Waals surface area (Å²) >= 11 is 0. The third kappa shape index (κ3) is 2.65. The molecule has 0 aromatic heterocycles. The van der Waals surface area contributed by atoms with Crippen molar-refractivity contribution in [1.29, 1.82) is 0 Å². The smallest absolute Gasteiger partial charge is 0.100 e. The van der Waals surface area contributed by atoms with Crippen LogP contribution in [0.5, 0.6) is 0 Å². The van der Waals surface area contributed by atoms with Gasteiger partial charge in [0.25, 0.3) is 0 Å². The van der Waals surface area contributed by atoms with E-state index in [2.05, 4.69) is 24.8 Å². The monoisotopic (exact) mass is 145 g/mol. The standard InChI is InChI=1S/C6H15NOSi/c1-5-6(7-8)9(2,3)4/h8H,5H2,1-4H3. The molecule has 0 aliphatic rings. The quantitative estimate of drug-likeness (QED) is 0.274. The molecule has 3 heteroatoms. The lowest BCUT2D eigenvalue weighted by Crippen LogP contribution is -2.32. The van der Waals surface area contributed by atoms with E-state index < -0.39 is 8.07 Å². The average molecular weight is 145 g/mol. The molecule has 0 aromatic rings. The summed E-state index contributed by atoms with van der Waals surface area (Å²) < 4.78 is 0. The fourth-order valence-corrected chi connectivity index (χ4v) is 2.11. The van der Waals surface area contributed by atoms with E-state index in [0.717, 1.165) is 11.8 Å². The molecule has 54 valence electrons. The van der Waals surface area contributed by atoms with Crippen LogP contribution in [0.15, 0.2) is 5.16 Å². The predicted molar refractivity (Wildman–Crippen MR) is 42.9 cm³/mol. The zero-order valence-corrected chi connectivity index (χ0v) is 7.60. The van der Waals surface area contributed by atoms with Gasteiger partial charge in [-0.05, 0) is 6.42 Å². The minimum atomic E-state index is -1.29. The van der Waals surface area contributed by atoms with Crippen molar-refractivity contribution in [3.05, 3.63) is 0 Å². The molecular weight excluding hydrogens is 130 g/mol. The van der Waals surface area contributed by atoms with E-state index in [4.69, 9.17) is 5.21 Å². The summed E-state index contributed by atoms with van der Waals surface area (Å²) in [5.41, 5.74) is 0. The van der Waals surface area contributed by atoms with Crippen molar-refractivity contribution in [3.63, 3.8) is 0 Å². The van der Waals surface area contributed by atoms with Gasteiger partial charge in [-0.2, -0.15) is 0 Å². The molecule has 0 heterocycles. The van der Waals surface area contributed by atoms with Gasteiger partial charge >= 0.3 is 0 Å². The Morgan fingerprint density at radius 3 is 1.89 bits per heavy atom. The van der Waals surface area contributed by atoms with Gasteiger partial charge in [0.15, 0.2) is 0 Å². The van der Waals surface area contributed by atoms with Crippen molar-refractivity contribution < 1.29 is 5.21 Å². The topological polar surface area (TPSA) is 32.6 Å². The van der Waals surface area contributed by atoms with Crippen LogP contribution in [-0.2, 0) is 0 Å². The summed E-state index contributed by atoms with van der Waals surface area (Å²) in [4.78, 5) is 0. The Bertz CT molecular complexity index is 115. The second-order valence-electron chi connectivity index (χ2n) is 3.15. The second-order valence-corrected chi connectivity index (χ2v) is 8.23. The van der Waals surface area contributed by atoms with Crippen molar-refractivity contribution in [2.24, 2.45) is 5.16 Å². The Balaban J connectivity index is 4.14. The molecule has 0 saturated heterocycles. The summed E-state index contributed by atoms with van der Waals surface area (Å²) in [6.07, 6.45) is 0.881. The molecule has 0 saturated carbocycles. The predicted octanol–water partition coefficient (Wildman–Crippen LogP) is 2.10. The lowest BCUT2D eigenvalue weighted by molar-refractivity contribution is 0.319. The Hall–Kier alpha value is -0.313. The van der Waals surface area contributed by atoms with E-state index in [0.29, 0.717) is 0 Å². The van der Waals surface area contributed by atoms with Crippen LogP contribution in [0.4, 0.5) is 0 Å². The van der Waals surface area contributed by atoms with E-state index in [1.165, 1.54) is 0 Å². The maximum absolute atomic E-state index is 8.48. The lowest BCUT2D eigenvalue weighted by Gasteiger charge is -2.15. The van der Waals surface area contributed by atoms with Crippen molar-refractivity contribution in [2.45, 2.75) is 33.0 Å². The zero-order chi connectivity index (χ0) is 7.49. The first kappa shape index (κ1) is 8.69. The Morgan fingerprint density at radius 2 is 1.89 bits per heavy atom. The summed E-state index contributed by atoms with van der Waals surface area (Å²) in [6.45, 7) is 8.54. The first-order valence-corrected chi connectivity index (χ1v) is 6.73. The second kappa shape index (κ2) is 3.01. The molecular formula is C6H15NOSi. The molecule has 0 rings (SSSR count). The zero-order valence-electron chi connectivity index (χ0n) is 6.60. The summed E-state index contributed by atoms with van der Waals surface area (Å²) in [7, 11) is -1.29. The van der Waals surface area contributed by atoms with Gasteiger partial charge in [0.2, 0.25) is 0 Å². The van der Waals surface area contributed by atoms with Gasteiger partial charge in [-0.25, -0.2) is 0 Å². The number of oxime groups is 1. The maximum Gasteiger partial charge on any atom is 0.100 e. The molecule has 0 atom stereocenters. The van der Waals surface area contributed by atoms with Gasteiger partial charge in [0, 0.05) is 5.33 Å². The van der Waals surface area contributed by atoms with Gasteiger partial charge in [0.05, 0.1) is 0 Å². The van der Waals surface area contributed by atoms with E-state index in [1.807, 2.05) is 6.92 Å². The molecule has 9 heavy (non-hydrogen) atoms. The number of hydrogen-bond donors (Lipinski definition) is 1. The fraction of sp³-hybridized carbons (Fsp3) is 0.833. The minimum Gasteiger partial charge on any atom is -0.411 e. The molecule has 0 spiro atoms. The highest BCUT2D eigenvalue weighted by Gasteiger charge is 2.19. The average Bonchev–Trinajstić information content (AvgIpc) is 1.65. The molecule has 1 N–H and O–H groups in total. The minimum absolute atomic E-state index is 0.881. The largest absolute Gasteiger partial charge is 0.411 e. The van der Waals surface area contributed by atoms with Crippen LogP contribution in [0.3, 0.4) is 0 Å². The third-order valence-corrected chi connectivity index (χ3v) is 3.51. The van der Waals surface area contributed by atoms with E-state index in [-0.39, 0.29) is 0 Å². The normalized spacial score (nSPS) is 14.0. The highest BCUT2D eigenvalue weighted by Crippen LogP contribution is 2.05. The number of hydrogen-bond acceptors (Lipinski definition) is 2. The van der Waals surface area contributed by atoms with Gasteiger partial charge in [-0.15, -0.1) is 5.16 Å². The van der Waals surface area contributed by atoms with Crippen molar-refractivity contribution >= 4 is 13.4 Å². The molecule has 0 unspecified atom stereocenters. The third-order valence-electron chi connectivity index (χ3n) is 1.32. The molecule has 0 amide bonds. The molecule has 0 aliphatic carbocycles. The maximum atomic E-state index is 8.48. The molecule has 0 aliphatic heterocycles. The first-order chi connectivity index (χ1) is 4.02. The van der Waals surface area contributed by atoms with E-state index in [9.17, 15) is 0 Å². The van der Waals surface area contributed by atoms with Gasteiger partial charge in [-0.1, -0.05) is 26.6 Å². The number of nitrogens with zero attached hydrogens (tertiary/aromatic N) is 1. The van der Waals surface area contributed by atoms with Crippen molar-refractivity contribution in [2.75, 3.05) is 0 Å². The first-order valence-electron chi connectivity index (χ1n) is 3.23. The highest BCUT2D eigenvalue weighted by molar-refractivity contribution is 7.04. The van der Waals surface area contributed by atoms with E-state index in [1.54, 1.807) is 0 Å². The van der Waals surface area contributed by atoms with Crippen LogP contribution in [-0.4, -0.2) is 18.6 Å². The van der Waals surface area contributed by atoms with Gasteiger partial charge in [0.1, 0.15) is 8.07 Å². The molecule has 0 bridgehead atoms. The lowest BCUT2D eigenvalue weighted by atomic mass is 10.5. The van der Waals surface area contributed by atoms with Crippen LogP contribution in [0.25, 0.3) is 0 Å². The summed E-state index contributed by atoms with van der Waals surface area (Å²) in [5, 5.41) is 12.7. The van der Waals surface area contributed by atoms with E-state index >= 15 is 0 Å². The molecule has 0 aromatic carbocycles. The van der Waals surface area contributed by atoms with Crippen molar-refractivity contribution in [1.82, 2.24) is 0 Å². The van der Waals surface area contributed by atoms with Gasteiger partial charge in [-0.3, -0.25) is 0 Å². The Morgan fingerprint density at radius 1 is 1.44 bits per heavy atom. The van der Waals surface area contributed by atoms with Crippen LogP contribution >= 0.6 is 0 Å². The molecule has 0 radical (unpaired) electrons. The van der Waals surface area contributed by atoms with Crippen LogP contribution < -0.4 is 0 Å². The van der Waals surface area contributed by atoms with Gasteiger partial charge < -0.3 is 5.21 Å². The molecule has 2 nitrogen and oxygen atoms in total.